The minimum atomic E-state index is -1.30. The Bertz CT molecular complexity index is 1200. The van der Waals surface area contributed by atoms with Crippen LogP contribution in [-0.2, 0) is 33.3 Å². The monoisotopic (exact) mass is 604 g/mol. The van der Waals surface area contributed by atoms with Gasteiger partial charge in [0.05, 0.1) is 17.3 Å². The number of ether oxygens (including phenoxy) is 3. The second-order valence-electron chi connectivity index (χ2n) is 12.4. The van der Waals surface area contributed by atoms with Gasteiger partial charge >= 0.3 is 17.9 Å². The second kappa shape index (κ2) is 14.7. The van der Waals surface area contributed by atoms with Crippen LogP contribution in [0.1, 0.15) is 71.6 Å². The van der Waals surface area contributed by atoms with Gasteiger partial charge in [-0.1, -0.05) is 91.0 Å². The number of esters is 3. The first kappa shape index (κ1) is 33.9. The van der Waals surface area contributed by atoms with Crippen LogP contribution in [0.25, 0.3) is 0 Å². The SMILES string of the molecule is CCOC(=O)C(CSC(c1ccccc1)(c1ccccc1)c1ccccc1)CC(C(=O)OC(C)(C)C)C(=O)OC(C)(C)C. The molecule has 0 heterocycles. The number of thioether (sulfide) groups is 1. The average Bonchev–Trinajstić information content (AvgIpc) is 2.94. The highest BCUT2D eigenvalue weighted by atomic mass is 32.2. The van der Waals surface area contributed by atoms with Crippen LogP contribution in [0.4, 0.5) is 0 Å². The fraction of sp³-hybridized carbons (Fsp3) is 0.417. The van der Waals surface area contributed by atoms with Crippen molar-refractivity contribution in [3.05, 3.63) is 108 Å². The van der Waals surface area contributed by atoms with Crippen LogP contribution in [0.5, 0.6) is 0 Å². The van der Waals surface area contributed by atoms with Crippen LogP contribution in [-0.4, -0.2) is 41.5 Å². The van der Waals surface area contributed by atoms with E-state index in [1.807, 2.05) is 54.6 Å². The minimum absolute atomic E-state index is 0.107. The third-order valence-electron chi connectivity index (χ3n) is 6.56. The molecule has 0 N–H and O–H groups in total. The fourth-order valence-corrected chi connectivity index (χ4v) is 6.44. The Morgan fingerprint density at radius 2 is 1.00 bits per heavy atom. The van der Waals surface area contributed by atoms with E-state index in [2.05, 4.69) is 36.4 Å². The van der Waals surface area contributed by atoms with Crippen molar-refractivity contribution in [2.24, 2.45) is 11.8 Å². The van der Waals surface area contributed by atoms with Crippen LogP contribution >= 0.6 is 11.8 Å². The lowest BCUT2D eigenvalue weighted by Crippen LogP contribution is -2.39. The molecular formula is C36H44O6S. The molecule has 43 heavy (non-hydrogen) atoms. The molecule has 0 bridgehead atoms. The Balaban J connectivity index is 2.09. The zero-order valence-electron chi connectivity index (χ0n) is 26.3. The highest BCUT2D eigenvalue weighted by Crippen LogP contribution is 2.49. The lowest BCUT2D eigenvalue weighted by atomic mass is 9.84. The van der Waals surface area contributed by atoms with Crippen LogP contribution in [0.2, 0.25) is 0 Å². The minimum Gasteiger partial charge on any atom is -0.466 e. The highest BCUT2D eigenvalue weighted by Gasteiger charge is 2.42. The Hall–Kier alpha value is -3.58. The molecule has 3 aromatic carbocycles. The summed E-state index contributed by atoms with van der Waals surface area (Å²) in [6.07, 6.45) is -0.107. The lowest BCUT2D eigenvalue weighted by molar-refractivity contribution is -0.175. The molecule has 0 aliphatic heterocycles. The Morgan fingerprint density at radius 3 is 1.33 bits per heavy atom. The van der Waals surface area contributed by atoms with Crippen molar-refractivity contribution in [2.75, 3.05) is 12.4 Å². The van der Waals surface area contributed by atoms with Crippen molar-refractivity contribution in [3.63, 3.8) is 0 Å². The van der Waals surface area contributed by atoms with Crippen molar-refractivity contribution in [1.82, 2.24) is 0 Å². The van der Waals surface area contributed by atoms with E-state index in [-0.39, 0.29) is 18.8 Å². The van der Waals surface area contributed by atoms with E-state index in [0.29, 0.717) is 0 Å². The largest absolute Gasteiger partial charge is 0.466 e. The third-order valence-corrected chi connectivity index (χ3v) is 8.27. The highest BCUT2D eigenvalue weighted by molar-refractivity contribution is 8.00. The number of hydrogen-bond donors (Lipinski definition) is 0. The molecule has 0 aromatic heterocycles. The van der Waals surface area contributed by atoms with E-state index in [4.69, 9.17) is 14.2 Å². The molecule has 3 aromatic rings. The maximum atomic E-state index is 13.5. The smallest absolute Gasteiger partial charge is 0.320 e. The molecule has 1 unspecified atom stereocenters. The second-order valence-corrected chi connectivity index (χ2v) is 13.6. The summed E-state index contributed by atoms with van der Waals surface area (Å²) in [5.74, 6) is -3.75. The van der Waals surface area contributed by atoms with Crippen molar-refractivity contribution in [3.8, 4) is 0 Å². The molecule has 0 saturated heterocycles. The molecule has 0 amide bonds. The molecule has 230 valence electrons. The standard InChI is InChI=1S/C36H44O6S/c1-8-40-31(37)26(24-30(32(38)41-34(2,3)4)33(39)42-35(5,6)7)25-43-36(27-18-12-9-13-19-27,28-20-14-10-15-21-28)29-22-16-11-17-23-29/h9-23,26,30H,8,24-25H2,1-7H3. The number of carbonyl (C=O) groups is 3. The van der Waals surface area contributed by atoms with Gasteiger partial charge in [-0.25, -0.2) is 0 Å². The molecule has 0 aliphatic carbocycles. The van der Waals surface area contributed by atoms with Gasteiger partial charge in [-0.05, 0) is 71.6 Å². The Kier molecular flexibility index (Phi) is 11.6. The van der Waals surface area contributed by atoms with Gasteiger partial charge in [-0.15, -0.1) is 11.8 Å². The van der Waals surface area contributed by atoms with Crippen LogP contribution in [0.3, 0.4) is 0 Å². The average molecular weight is 605 g/mol. The molecule has 3 rings (SSSR count). The van der Waals surface area contributed by atoms with E-state index < -0.39 is 45.7 Å². The van der Waals surface area contributed by atoms with E-state index in [0.717, 1.165) is 16.7 Å². The van der Waals surface area contributed by atoms with Crippen molar-refractivity contribution >= 4 is 29.7 Å². The van der Waals surface area contributed by atoms with Crippen LogP contribution in [0, 0.1) is 11.8 Å². The van der Waals surface area contributed by atoms with Gasteiger partial charge in [0.2, 0.25) is 0 Å². The maximum absolute atomic E-state index is 13.5. The van der Waals surface area contributed by atoms with Gasteiger partial charge in [0.25, 0.3) is 0 Å². The Labute approximate surface area is 260 Å². The van der Waals surface area contributed by atoms with Crippen molar-refractivity contribution in [1.29, 1.82) is 0 Å². The first-order chi connectivity index (χ1) is 20.3. The molecule has 0 fully saturated rings. The summed E-state index contributed by atoms with van der Waals surface area (Å²) in [7, 11) is 0. The van der Waals surface area contributed by atoms with E-state index >= 15 is 0 Å². The van der Waals surface area contributed by atoms with Gasteiger partial charge in [0, 0.05) is 5.75 Å². The summed E-state index contributed by atoms with van der Waals surface area (Å²) in [5, 5.41) is 0. The van der Waals surface area contributed by atoms with Crippen molar-refractivity contribution < 1.29 is 28.6 Å². The summed E-state index contributed by atoms with van der Waals surface area (Å²) in [6.45, 7) is 12.3. The molecule has 0 saturated carbocycles. The quantitative estimate of drug-likeness (QED) is 0.0913. The van der Waals surface area contributed by atoms with Gasteiger partial charge < -0.3 is 14.2 Å². The zero-order chi connectivity index (χ0) is 31.7. The maximum Gasteiger partial charge on any atom is 0.320 e. The molecule has 0 spiro atoms. The topological polar surface area (TPSA) is 78.9 Å². The van der Waals surface area contributed by atoms with E-state index in [1.165, 1.54) is 0 Å². The first-order valence-corrected chi connectivity index (χ1v) is 15.7. The van der Waals surface area contributed by atoms with Gasteiger partial charge in [0.15, 0.2) is 5.92 Å². The molecule has 1 atom stereocenters. The lowest BCUT2D eigenvalue weighted by Gasteiger charge is -2.36. The molecule has 6 nitrogen and oxygen atoms in total. The fourth-order valence-electron chi connectivity index (χ4n) is 4.81. The summed E-state index contributed by atoms with van der Waals surface area (Å²) in [4.78, 5) is 40.3. The molecule has 7 heteroatoms. The third kappa shape index (κ3) is 9.45. The van der Waals surface area contributed by atoms with Crippen molar-refractivity contribution in [2.45, 2.75) is 70.8 Å². The predicted octanol–water partition coefficient (Wildman–Crippen LogP) is 7.58. The Morgan fingerprint density at radius 1 is 0.628 bits per heavy atom. The summed E-state index contributed by atoms with van der Waals surface area (Å²) in [5.41, 5.74) is 1.46. The molecular weight excluding hydrogens is 560 g/mol. The number of benzene rings is 3. The predicted molar refractivity (Wildman–Crippen MR) is 172 cm³/mol. The van der Waals surface area contributed by atoms with E-state index in [1.54, 1.807) is 60.2 Å². The van der Waals surface area contributed by atoms with Crippen LogP contribution in [0.15, 0.2) is 91.0 Å². The number of rotatable bonds is 12. The summed E-state index contributed by atoms with van der Waals surface area (Å²) >= 11 is 1.58. The van der Waals surface area contributed by atoms with Crippen LogP contribution < -0.4 is 0 Å². The first-order valence-electron chi connectivity index (χ1n) is 14.7. The number of hydrogen-bond acceptors (Lipinski definition) is 7. The molecule has 0 radical (unpaired) electrons. The van der Waals surface area contributed by atoms with E-state index in [9.17, 15) is 14.4 Å². The van der Waals surface area contributed by atoms with Gasteiger partial charge in [0.1, 0.15) is 11.2 Å². The van der Waals surface area contributed by atoms with Gasteiger partial charge in [-0.3, -0.25) is 14.4 Å². The normalized spacial score (nSPS) is 12.8. The van der Waals surface area contributed by atoms with Gasteiger partial charge in [-0.2, -0.15) is 0 Å². The zero-order valence-corrected chi connectivity index (χ0v) is 27.1. The molecule has 0 aliphatic rings. The summed E-state index contributed by atoms with van der Waals surface area (Å²) in [6, 6.07) is 30.4. The summed E-state index contributed by atoms with van der Waals surface area (Å²) < 4.78 is 16.1. The number of carbonyl (C=O) groups excluding carboxylic acids is 3.